The fourth-order valence-corrected chi connectivity index (χ4v) is 2.95. The first-order valence-electron chi connectivity index (χ1n) is 8.20. The van der Waals surface area contributed by atoms with Crippen LogP contribution in [0.25, 0.3) is 6.08 Å². The summed E-state index contributed by atoms with van der Waals surface area (Å²) in [6, 6.07) is 6.53. The Morgan fingerprint density at radius 1 is 1.30 bits per heavy atom. The van der Waals surface area contributed by atoms with E-state index in [-0.39, 0.29) is 16.8 Å². The molecule has 1 saturated heterocycles. The summed E-state index contributed by atoms with van der Waals surface area (Å²) in [5.41, 5.74) is 0.450. The molecule has 27 heavy (non-hydrogen) atoms. The molecule has 9 heteroatoms. The zero-order valence-corrected chi connectivity index (χ0v) is 15.7. The molecule has 0 bridgehead atoms. The van der Waals surface area contributed by atoms with Gasteiger partial charge in [0.25, 0.3) is 11.1 Å². The second-order valence-electron chi connectivity index (χ2n) is 5.70. The smallest absolute Gasteiger partial charge is 0.341 e. The number of carbonyl (C=O) groups is 4. The number of thioether (sulfide) groups is 1. The third kappa shape index (κ3) is 5.58. The van der Waals surface area contributed by atoms with Crippen LogP contribution in [0.4, 0.5) is 4.79 Å². The fourth-order valence-electron chi connectivity index (χ4n) is 2.12. The summed E-state index contributed by atoms with van der Waals surface area (Å²) in [6.45, 7) is 2.58. The Morgan fingerprint density at radius 3 is 2.67 bits per heavy atom. The Kier molecular flexibility index (Phi) is 7.00. The first-order chi connectivity index (χ1) is 12.8. The highest BCUT2D eigenvalue weighted by Gasteiger charge is 2.37. The maximum absolute atomic E-state index is 12.5. The zero-order chi connectivity index (χ0) is 20.0. The minimum Gasteiger partial charge on any atom is -0.481 e. The molecule has 1 N–H and O–H groups in total. The normalized spacial score (nSPS) is 16.5. The van der Waals surface area contributed by atoms with Crippen molar-refractivity contribution in [2.45, 2.75) is 26.4 Å². The maximum atomic E-state index is 12.5. The number of hydrogen-bond donors (Lipinski definition) is 1. The van der Waals surface area contributed by atoms with Crippen molar-refractivity contribution in [2.24, 2.45) is 0 Å². The first-order valence-corrected chi connectivity index (χ1v) is 9.02. The number of rotatable bonds is 8. The van der Waals surface area contributed by atoms with Gasteiger partial charge in [-0.2, -0.15) is 0 Å². The zero-order valence-electron chi connectivity index (χ0n) is 14.8. The number of benzene rings is 1. The molecule has 0 unspecified atom stereocenters. The minimum atomic E-state index is -1.13. The second-order valence-corrected chi connectivity index (χ2v) is 6.69. The first kappa shape index (κ1) is 20.5. The maximum Gasteiger partial charge on any atom is 0.341 e. The summed E-state index contributed by atoms with van der Waals surface area (Å²) in [4.78, 5) is 48.0. The molecule has 0 aromatic heterocycles. The summed E-state index contributed by atoms with van der Waals surface area (Å²) in [5.74, 6) is -2.13. The Balaban J connectivity index is 2.14. The Bertz CT molecular complexity index is 790. The van der Waals surface area contributed by atoms with Crippen LogP contribution >= 0.6 is 11.8 Å². The SMILES string of the molecule is CC[C@@H](C)OC(=O)CN1C(=O)S/C(=C/c2ccccc2OCC(=O)O)C1=O. The quantitative estimate of drug-likeness (QED) is 0.530. The van der Waals surface area contributed by atoms with E-state index in [0.717, 1.165) is 4.90 Å². The topological polar surface area (TPSA) is 110 Å². The van der Waals surface area contributed by atoms with E-state index in [2.05, 4.69) is 0 Å². The van der Waals surface area contributed by atoms with Gasteiger partial charge in [0, 0.05) is 5.56 Å². The molecule has 0 aliphatic carbocycles. The molecule has 1 heterocycles. The van der Waals surface area contributed by atoms with Gasteiger partial charge < -0.3 is 14.6 Å². The summed E-state index contributed by atoms with van der Waals surface area (Å²) < 4.78 is 10.3. The number of carbonyl (C=O) groups excluding carboxylic acids is 3. The largest absolute Gasteiger partial charge is 0.481 e. The van der Waals surface area contributed by atoms with Gasteiger partial charge in [-0.3, -0.25) is 19.3 Å². The molecular formula is C18H19NO7S. The molecule has 0 saturated carbocycles. The van der Waals surface area contributed by atoms with Crippen molar-refractivity contribution in [1.29, 1.82) is 0 Å². The number of amides is 2. The van der Waals surface area contributed by atoms with E-state index >= 15 is 0 Å². The lowest BCUT2D eigenvalue weighted by molar-refractivity contribution is -0.150. The van der Waals surface area contributed by atoms with Gasteiger partial charge in [0.15, 0.2) is 6.61 Å². The van der Waals surface area contributed by atoms with Gasteiger partial charge in [-0.1, -0.05) is 25.1 Å². The van der Waals surface area contributed by atoms with Gasteiger partial charge in [-0.25, -0.2) is 4.79 Å². The van der Waals surface area contributed by atoms with E-state index in [1.807, 2.05) is 6.92 Å². The molecule has 1 aliphatic rings. The molecule has 8 nitrogen and oxygen atoms in total. The summed E-state index contributed by atoms with van der Waals surface area (Å²) >= 11 is 0.695. The van der Waals surface area contributed by atoms with Crippen LogP contribution in [0.3, 0.4) is 0 Å². The molecule has 1 aromatic carbocycles. The van der Waals surface area contributed by atoms with E-state index in [4.69, 9.17) is 14.6 Å². The van der Waals surface area contributed by atoms with E-state index < -0.39 is 36.2 Å². The highest BCUT2D eigenvalue weighted by atomic mass is 32.2. The lowest BCUT2D eigenvalue weighted by Gasteiger charge is -2.14. The number of carboxylic acids is 1. The predicted octanol–water partition coefficient (Wildman–Crippen LogP) is 2.53. The number of aliphatic carboxylic acids is 1. The molecule has 1 fully saturated rings. The summed E-state index contributed by atoms with van der Waals surface area (Å²) in [7, 11) is 0. The Hall–Kier alpha value is -2.81. The van der Waals surface area contributed by atoms with E-state index in [9.17, 15) is 19.2 Å². The molecule has 2 rings (SSSR count). The molecule has 1 atom stereocenters. The lowest BCUT2D eigenvalue weighted by Crippen LogP contribution is -2.35. The monoisotopic (exact) mass is 393 g/mol. The van der Waals surface area contributed by atoms with Gasteiger partial charge in [-0.05, 0) is 37.2 Å². The van der Waals surface area contributed by atoms with Gasteiger partial charge in [0.05, 0.1) is 11.0 Å². The van der Waals surface area contributed by atoms with Crippen molar-refractivity contribution < 1.29 is 33.8 Å². The van der Waals surface area contributed by atoms with Crippen molar-refractivity contribution in [3.05, 3.63) is 34.7 Å². The van der Waals surface area contributed by atoms with Crippen molar-refractivity contribution in [1.82, 2.24) is 4.90 Å². The number of para-hydroxylation sites is 1. The predicted molar refractivity (Wildman–Crippen MR) is 98.1 cm³/mol. The van der Waals surface area contributed by atoms with Crippen LogP contribution in [0, 0.1) is 0 Å². The fraction of sp³-hybridized carbons (Fsp3) is 0.333. The van der Waals surface area contributed by atoms with E-state index in [0.29, 0.717) is 23.7 Å². The number of hydrogen-bond acceptors (Lipinski definition) is 7. The van der Waals surface area contributed by atoms with Gasteiger partial charge >= 0.3 is 11.9 Å². The average molecular weight is 393 g/mol. The number of ether oxygens (including phenoxy) is 2. The van der Waals surface area contributed by atoms with Gasteiger partial charge in [0.1, 0.15) is 12.3 Å². The number of carboxylic acid groups (broad SMARTS) is 1. The molecule has 1 aromatic rings. The van der Waals surface area contributed by atoms with Crippen LogP contribution in [0.15, 0.2) is 29.2 Å². The van der Waals surface area contributed by atoms with E-state index in [1.165, 1.54) is 6.08 Å². The highest BCUT2D eigenvalue weighted by molar-refractivity contribution is 8.18. The van der Waals surface area contributed by atoms with Crippen LogP contribution in [0.5, 0.6) is 5.75 Å². The van der Waals surface area contributed by atoms with Crippen LogP contribution in [0.1, 0.15) is 25.8 Å². The van der Waals surface area contributed by atoms with Gasteiger partial charge in [0.2, 0.25) is 0 Å². The molecular weight excluding hydrogens is 374 g/mol. The Morgan fingerprint density at radius 2 is 2.00 bits per heavy atom. The van der Waals surface area contributed by atoms with Gasteiger partial charge in [-0.15, -0.1) is 0 Å². The molecule has 0 radical (unpaired) electrons. The Labute approximate surface area is 160 Å². The van der Waals surface area contributed by atoms with Crippen molar-refractivity contribution in [3.63, 3.8) is 0 Å². The average Bonchev–Trinajstić information content (AvgIpc) is 2.88. The van der Waals surface area contributed by atoms with Crippen LogP contribution in [-0.2, 0) is 19.1 Å². The lowest BCUT2D eigenvalue weighted by atomic mass is 10.2. The molecule has 2 amide bonds. The highest BCUT2D eigenvalue weighted by Crippen LogP contribution is 2.33. The standard InChI is InChI=1S/C18H19NO7S/c1-3-11(2)26-16(22)9-19-17(23)14(27-18(19)24)8-12-6-4-5-7-13(12)25-10-15(20)21/h4-8,11H,3,9-10H2,1-2H3,(H,20,21)/b14-8+/t11-/m1/s1. The van der Waals surface area contributed by atoms with E-state index in [1.54, 1.807) is 31.2 Å². The summed E-state index contributed by atoms with van der Waals surface area (Å²) in [5, 5.41) is 8.16. The minimum absolute atomic E-state index is 0.114. The van der Waals surface area contributed by atoms with Crippen LogP contribution < -0.4 is 4.74 Å². The third-order valence-corrected chi connectivity index (χ3v) is 4.53. The summed E-state index contributed by atoms with van der Waals surface area (Å²) in [6.07, 6.45) is 1.76. The van der Waals surface area contributed by atoms with Crippen molar-refractivity contribution in [2.75, 3.05) is 13.2 Å². The second kappa shape index (κ2) is 9.22. The van der Waals surface area contributed by atoms with Crippen molar-refractivity contribution in [3.8, 4) is 5.75 Å². The molecule has 0 spiro atoms. The third-order valence-electron chi connectivity index (χ3n) is 3.63. The number of imide groups is 1. The van der Waals surface area contributed by atoms with Crippen LogP contribution in [0.2, 0.25) is 0 Å². The molecule has 1 aliphatic heterocycles. The molecule has 144 valence electrons. The number of nitrogens with zero attached hydrogens (tertiary/aromatic N) is 1. The van der Waals surface area contributed by atoms with Crippen LogP contribution in [-0.4, -0.2) is 52.3 Å². The van der Waals surface area contributed by atoms with Crippen molar-refractivity contribution >= 4 is 40.9 Å². The number of esters is 1.